The van der Waals surface area contributed by atoms with Gasteiger partial charge < -0.3 is 20.5 Å². The molecule has 0 saturated carbocycles. The van der Waals surface area contributed by atoms with Crippen molar-refractivity contribution in [2.75, 3.05) is 25.5 Å². The molecule has 1 rings (SSSR count). The molecule has 0 aliphatic heterocycles. The average Bonchev–Trinajstić information content (AvgIpc) is 2.46. The lowest BCUT2D eigenvalue weighted by molar-refractivity contribution is -0.140. The highest BCUT2D eigenvalue weighted by Gasteiger charge is 2.13. The average molecular weight is 294 g/mol. The number of hydrogen-bond donors (Lipinski definition) is 2. The van der Waals surface area contributed by atoms with Crippen LogP contribution in [0.1, 0.15) is 38.7 Å². The summed E-state index contributed by atoms with van der Waals surface area (Å²) in [7, 11) is 0. The quantitative estimate of drug-likeness (QED) is 0.541. The molecular weight excluding hydrogens is 268 g/mol. The first kappa shape index (κ1) is 17.5. The molecule has 1 aromatic carbocycles. The Labute approximate surface area is 126 Å². The van der Waals surface area contributed by atoms with Crippen molar-refractivity contribution in [1.82, 2.24) is 5.32 Å². The van der Waals surface area contributed by atoms with Gasteiger partial charge in [0.25, 0.3) is 0 Å². The van der Waals surface area contributed by atoms with Crippen molar-refractivity contribution in [2.24, 2.45) is 0 Å². The number of ether oxygens (including phenoxy) is 2. The fourth-order valence-electron chi connectivity index (χ4n) is 2.03. The van der Waals surface area contributed by atoms with Crippen molar-refractivity contribution >= 4 is 11.6 Å². The normalized spacial score (nSPS) is 12.4. The molecule has 0 spiro atoms. The van der Waals surface area contributed by atoms with Gasteiger partial charge in [-0.25, -0.2) is 0 Å². The number of carbonyl (C=O) groups excluding carboxylic acids is 1. The number of nitrogens with two attached hydrogens (primary N) is 1. The third kappa shape index (κ3) is 6.60. The molecule has 0 fully saturated rings. The Kier molecular flexibility index (Phi) is 7.79. The van der Waals surface area contributed by atoms with Gasteiger partial charge in [0, 0.05) is 25.3 Å². The highest BCUT2D eigenvalue weighted by Crippen LogP contribution is 2.19. The molecule has 1 amide bonds. The van der Waals surface area contributed by atoms with Crippen LogP contribution >= 0.6 is 0 Å². The van der Waals surface area contributed by atoms with Gasteiger partial charge in [0.15, 0.2) is 6.29 Å². The van der Waals surface area contributed by atoms with E-state index in [1.165, 1.54) is 0 Å². The van der Waals surface area contributed by atoms with Crippen LogP contribution in [0.25, 0.3) is 0 Å². The molecule has 0 aromatic heterocycles. The Balaban J connectivity index is 2.40. The Morgan fingerprint density at radius 1 is 1.19 bits per heavy atom. The molecule has 21 heavy (non-hydrogen) atoms. The van der Waals surface area contributed by atoms with Crippen LogP contribution in [0, 0.1) is 0 Å². The van der Waals surface area contributed by atoms with E-state index in [2.05, 4.69) is 5.32 Å². The van der Waals surface area contributed by atoms with Crippen LogP contribution in [0.3, 0.4) is 0 Å². The van der Waals surface area contributed by atoms with Crippen molar-refractivity contribution < 1.29 is 14.3 Å². The minimum Gasteiger partial charge on any atom is -0.399 e. The van der Waals surface area contributed by atoms with Crippen molar-refractivity contribution in [3.05, 3.63) is 29.8 Å². The van der Waals surface area contributed by atoms with Crippen molar-refractivity contribution in [2.45, 2.75) is 39.4 Å². The summed E-state index contributed by atoms with van der Waals surface area (Å²) in [6.45, 7) is 7.31. The number of rotatable bonds is 9. The van der Waals surface area contributed by atoms with E-state index in [4.69, 9.17) is 15.2 Å². The molecule has 1 aromatic rings. The van der Waals surface area contributed by atoms with Crippen molar-refractivity contribution in [1.29, 1.82) is 0 Å². The molecule has 118 valence electrons. The van der Waals surface area contributed by atoms with E-state index in [9.17, 15) is 4.79 Å². The Bertz CT molecular complexity index is 414. The second-order valence-electron chi connectivity index (χ2n) is 4.92. The van der Waals surface area contributed by atoms with Crippen molar-refractivity contribution in [3.63, 3.8) is 0 Å². The Morgan fingerprint density at radius 3 is 2.29 bits per heavy atom. The highest BCUT2D eigenvalue weighted by atomic mass is 16.7. The maximum absolute atomic E-state index is 12.0. The van der Waals surface area contributed by atoms with Crippen LogP contribution in [0.5, 0.6) is 0 Å². The minimum atomic E-state index is -0.379. The predicted molar refractivity (Wildman–Crippen MR) is 83.9 cm³/mol. The standard InChI is InChI=1S/C16H26N2O3/c1-4-20-16(21-5-2)11-18-15(19)10-12(3)13-6-8-14(17)9-7-13/h6-9,12,16H,4-5,10-11,17H2,1-3H3,(H,18,19). The Hall–Kier alpha value is -1.59. The fourth-order valence-corrected chi connectivity index (χ4v) is 2.03. The van der Waals surface area contributed by atoms with Crippen LogP contribution in [0.4, 0.5) is 5.69 Å². The van der Waals surface area contributed by atoms with Crippen molar-refractivity contribution in [3.8, 4) is 0 Å². The number of anilines is 1. The molecule has 0 radical (unpaired) electrons. The van der Waals surface area contributed by atoms with Gasteiger partial charge in [-0.15, -0.1) is 0 Å². The minimum absolute atomic E-state index is 0.0104. The maximum Gasteiger partial charge on any atom is 0.220 e. The zero-order chi connectivity index (χ0) is 15.7. The number of benzene rings is 1. The predicted octanol–water partition coefficient (Wildman–Crippen LogP) is 2.28. The molecule has 0 aliphatic carbocycles. The Morgan fingerprint density at radius 2 is 1.76 bits per heavy atom. The number of carbonyl (C=O) groups is 1. The second-order valence-corrected chi connectivity index (χ2v) is 4.92. The van der Waals surface area contributed by atoms with Crippen LogP contribution < -0.4 is 11.1 Å². The van der Waals surface area contributed by atoms with E-state index in [1.807, 2.05) is 45.0 Å². The molecule has 3 N–H and O–H groups in total. The van der Waals surface area contributed by atoms with Gasteiger partial charge in [0.1, 0.15) is 0 Å². The van der Waals surface area contributed by atoms with Gasteiger partial charge in [-0.1, -0.05) is 19.1 Å². The van der Waals surface area contributed by atoms with Crippen LogP contribution in [-0.4, -0.2) is 32.0 Å². The van der Waals surface area contributed by atoms with Gasteiger partial charge in [-0.05, 0) is 37.5 Å². The van der Waals surface area contributed by atoms with Crippen LogP contribution in [-0.2, 0) is 14.3 Å². The summed E-state index contributed by atoms with van der Waals surface area (Å²) in [5, 5.41) is 2.85. The number of nitrogens with one attached hydrogen (secondary N) is 1. The lowest BCUT2D eigenvalue weighted by Gasteiger charge is -2.18. The summed E-state index contributed by atoms with van der Waals surface area (Å²) >= 11 is 0. The lowest BCUT2D eigenvalue weighted by atomic mass is 9.97. The van der Waals surface area contributed by atoms with E-state index < -0.39 is 0 Å². The fraction of sp³-hybridized carbons (Fsp3) is 0.562. The molecule has 5 heteroatoms. The number of nitrogen functional groups attached to an aromatic ring is 1. The maximum atomic E-state index is 12.0. The molecule has 5 nitrogen and oxygen atoms in total. The summed E-state index contributed by atoms with van der Waals surface area (Å²) in [6, 6.07) is 7.61. The third-order valence-electron chi connectivity index (χ3n) is 3.17. The van der Waals surface area contributed by atoms with Gasteiger partial charge in [-0.3, -0.25) is 4.79 Å². The van der Waals surface area contributed by atoms with Gasteiger partial charge in [-0.2, -0.15) is 0 Å². The summed E-state index contributed by atoms with van der Waals surface area (Å²) in [4.78, 5) is 12.0. The smallest absolute Gasteiger partial charge is 0.220 e. The largest absolute Gasteiger partial charge is 0.399 e. The van der Waals surface area contributed by atoms with Crippen LogP contribution in [0.2, 0.25) is 0 Å². The first-order valence-corrected chi connectivity index (χ1v) is 7.42. The zero-order valence-electron chi connectivity index (χ0n) is 13.1. The van der Waals surface area contributed by atoms with Gasteiger partial charge in [0.05, 0.1) is 6.54 Å². The summed E-state index contributed by atoms with van der Waals surface area (Å²) in [5.74, 6) is 0.131. The van der Waals surface area contributed by atoms with E-state index in [1.54, 1.807) is 0 Å². The van der Waals surface area contributed by atoms with E-state index in [0.29, 0.717) is 26.2 Å². The second kappa shape index (κ2) is 9.37. The lowest BCUT2D eigenvalue weighted by Crippen LogP contribution is -2.35. The highest BCUT2D eigenvalue weighted by molar-refractivity contribution is 5.76. The summed E-state index contributed by atoms with van der Waals surface area (Å²) in [5.41, 5.74) is 7.49. The monoisotopic (exact) mass is 294 g/mol. The van der Waals surface area contributed by atoms with Gasteiger partial charge in [0.2, 0.25) is 5.91 Å². The zero-order valence-corrected chi connectivity index (χ0v) is 13.1. The van der Waals surface area contributed by atoms with E-state index >= 15 is 0 Å². The molecule has 0 bridgehead atoms. The topological polar surface area (TPSA) is 73.6 Å². The third-order valence-corrected chi connectivity index (χ3v) is 3.17. The SMILES string of the molecule is CCOC(CNC(=O)CC(C)c1ccc(N)cc1)OCC. The van der Waals surface area contributed by atoms with E-state index in [-0.39, 0.29) is 18.1 Å². The number of hydrogen-bond acceptors (Lipinski definition) is 4. The van der Waals surface area contributed by atoms with Gasteiger partial charge >= 0.3 is 0 Å². The summed E-state index contributed by atoms with van der Waals surface area (Å²) in [6.07, 6.45) is 0.0466. The molecule has 1 unspecified atom stereocenters. The molecule has 1 atom stereocenters. The molecular formula is C16H26N2O3. The first-order valence-electron chi connectivity index (χ1n) is 7.42. The summed E-state index contributed by atoms with van der Waals surface area (Å²) < 4.78 is 10.8. The molecule has 0 aliphatic rings. The van der Waals surface area contributed by atoms with Crippen LogP contribution in [0.15, 0.2) is 24.3 Å². The van der Waals surface area contributed by atoms with E-state index in [0.717, 1.165) is 11.3 Å². The first-order chi connectivity index (χ1) is 10.1. The number of amides is 1. The molecule has 0 heterocycles. The molecule has 0 saturated heterocycles.